The van der Waals surface area contributed by atoms with Crippen LogP contribution in [-0.4, -0.2) is 19.1 Å². The van der Waals surface area contributed by atoms with Crippen molar-refractivity contribution < 1.29 is 4.42 Å². The van der Waals surface area contributed by atoms with Crippen molar-refractivity contribution in [1.82, 2.24) is 19.1 Å². The van der Waals surface area contributed by atoms with E-state index in [4.69, 9.17) is 14.4 Å². The third-order valence-electron chi connectivity index (χ3n) is 11.3. The minimum absolute atomic E-state index is 0.683. The quantitative estimate of drug-likeness (QED) is 0.177. The van der Waals surface area contributed by atoms with Gasteiger partial charge in [-0.15, -0.1) is 0 Å². The maximum absolute atomic E-state index is 6.97. The standard InChI is InChI=1S/C52H32N4O/c1-4-16-33(17-5-1)41-32-42(34-18-6-2-7-19-34)54-52(53-41)35-28-30-37(31-29-35)55-43-25-13-10-22-38(43)46-47-39-23-11-14-26-44(39)56(36-20-8-3-9-21-36)50(47)51-48(49(46)55)40-24-12-15-27-45(40)57-51/h1-32H. The van der Waals surface area contributed by atoms with Crippen LogP contribution in [0.1, 0.15) is 0 Å². The lowest BCUT2D eigenvalue weighted by Crippen LogP contribution is -1.98. The highest BCUT2D eigenvalue weighted by molar-refractivity contribution is 6.39. The largest absolute Gasteiger partial charge is 0.454 e. The van der Waals surface area contributed by atoms with Gasteiger partial charge < -0.3 is 13.6 Å². The van der Waals surface area contributed by atoms with Crippen LogP contribution in [0.5, 0.6) is 0 Å². The van der Waals surface area contributed by atoms with Crippen molar-refractivity contribution in [3.8, 4) is 45.3 Å². The van der Waals surface area contributed by atoms with Gasteiger partial charge in [0.15, 0.2) is 11.4 Å². The molecule has 0 N–H and O–H groups in total. The third-order valence-corrected chi connectivity index (χ3v) is 11.3. The Kier molecular flexibility index (Phi) is 6.86. The molecule has 0 bridgehead atoms. The Morgan fingerprint density at radius 3 is 1.46 bits per heavy atom. The predicted molar refractivity (Wildman–Crippen MR) is 234 cm³/mol. The van der Waals surface area contributed by atoms with Crippen molar-refractivity contribution in [2.24, 2.45) is 0 Å². The molecule has 4 aromatic heterocycles. The molecule has 0 aliphatic rings. The number of hydrogen-bond donors (Lipinski definition) is 0. The SMILES string of the molecule is c1ccc(-c2cc(-c3ccccc3)nc(-c3ccc(-n4c5ccccc5c5c6c7ccccc7n(-c7ccccc7)c6c6oc7ccccc7c6c54)cc3)n2)cc1. The second-order valence-electron chi connectivity index (χ2n) is 14.5. The summed E-state index contributed by atoms with van der Waals surface area (Å²) in [6.07, 6.45) is 0. The monoisotopic (exact) mass is 728 g/mol. The first-order valence-electron chi connectivity index (χ1n) is 19.3. The van der Waals surface area contributed by atoms with Crippen LogP contribution in [0.2, 0.25) is 0 Å². The first-order chi connectivity index (χ1) is 28.3. The highest BCUT2D eigenvalue weighted by Crippen LogP contribution is 2.49. The number of nitrogens with zero attached hydrogens (tertiary/aromatic N) is 4. The fourth-order valence-corrected chi connectivity index (χ4v) is 8.85. The molecule has 0 amide bonds. The zero-order valence-corrected chi connectivity index (χ0v) is 30.7. The lowest BCUT2D eigenvalue weighted by Gasteiger charge is -2.12. The Hall–Kier alpha value is -7.76. The smallest absolute Gasteiger partial charge is 0.162 e. The Labute approximate surface area is 327 Å². The molecular formula is C52H32N4O. The molecule has 57 heavy (non-hydrogen) atoms. The number of hydrogen-bond acceptors (Lipinski definition) is 3. The van der Waals surface area contributed by atoms with E-state index in [2.05, 4.69) is 167 Å². The molecule has 12 rings (SSSR count). The van der Waals surface area contributed by atoms with Crippen LogP contribution in [-0.2, 0) is 0 Å². The summed E-state index contributed by atoms with van der Waals surface area (Å²) in [5, 5.41) is 6.95. The van der Waals surface area contributed by atoms with Crippen LogP contribution in [0.25, 0.3) is 111 Å². The summed E-state index contributed by atoms with van der Waals surface area (Å²) in [4.78, 5) is 10.2. The molecule has 4 heterocycles. The Morgan fingerprint density at radius 1 is 0.368 bits per heavy atom. The number of benzene rings is 8. The Morgan fingerprint density at radius 2 is 0.842 bits per heavy atom. The minimum Gasteiger partial charge on any atom is -0.454 e. The topological polar surface area (TPSA) is 48.8 Å². The summed E-state index contributed by atoms with van der Waals surface area (Å²) in [7, 11) is 0. The first-order valence-corrected chi connectivity index (χ1v) is 19.3. The van der Waals surface area contributed by atoms with Gasteiger partial charge in [0.05, 0.1) is 38.8 Å². The summed E-state index contributed by atoms with van der Waals surface area (Å²) in [5.41, 5.74) is 13.2. The van der Waals surface area contributed by atoms with Crippen LogP contribution in [0.15, 0.2) is 199 Å². The van der Waals surface area contributed by atoms with Gasteiger partial charge >= 0.3 is 0 Å². The van der Waals surface area contributed by atoms with Crippen LogP contribution >= 0.6 is 0 Å². The normalized spacial score (nSPS) is 11.9. The Balaban J connectivity index is 1.16. The Bertz CT molecular complexity index is 3430. The number of para-hydroxylation sites is 4. The van der Waals surface area contributed by atoms with Crippen molar-refractivity contribution >= 4 is 65.6 Å². The average molecular weight is 729 g/mol. The molecule has 8 aromatic carbocycles. The predicted octanol–water partition coefficient (Wildman–Crippen LogP) is 13.6. The average Bonchev–Trinajstić information content (AvgIpc) is 3.95. The summed E-state index contributed by atoms with van der Waals surface area (Å²) in [5.74, 6) is 0.683. The maximum Gasteiger partial charge on any atom is 0.162 e. The molecule has 0 aliphatic heterocycles. The molecule has 0 saturated carbocycles. The van der Waals surface area contributed by atoms with Crippen molar-refractivity contribution in [3.05, 3.63) is 194 Å². The van der Waals surface area contributed by atoms with E-state index < -0.39 is 0 Å². The maximum atomic E-state index is 6.97. The van der Waals surface area contributed by atoms with Gasteiger partial charge in [0.1, 0.15) is 5.58 Å². The molecule has 0 spiro atoms. The van der Waals surface area contributed by atoms with Gasteiger partial charge in [-0.3, -0.25) is 0 Å². The van der Waals surface area contributed by atoms with Crippen molar-refractivity contribution in [2.45, 2.75) is 0 Å². The lowest BCUT2D eigenvalue weighted by molar-refractivity contribution is 0.671. The number of furan rings is 1. The summed E-state index contributed by atoms with van der Waals surface area (Å²) in [6.45, 7) is 0. The van der Waals surface area contributed by atoms with Gasteiger partial charge in [-0.1, -0.05) is 133 Å². The van der Waals surface area contributed by atoms with E-state index in [1.165, 1.54) is 21.5 Å². The number of aromatic nitrogens is 4. The van der Waals surface area contributed by atoms with E-state index in [0.717, 1.165) is 83.5 Å². The van der Waals surface area contributed by atoms with Crippen molar-refractivity contribution in [2.75, 3.05) is 0 Å². The lowest BCUT2D eigenvalue weighted by atomic mass is 10.0. The van der Waals surface area contributed by atoms with E-state index in [9.17, 15) is 0 Å². The van der Waals surface area contributed by atoms with Gasteiger partial charge in [0.2, 0.25) is 0 Å². The molecule has 12 aromatic rings. The summed E-state index contributed by atoms with van der Waals surface area (Å²) in [6, 6.07) is 68.0. The van der Waals surface area contributed by atoms with Crippen LogP contribution in [0, 0.1) is 0 Å². The van der Waals surface area contributed by atoms with Crippen LogP contribution in [0.4, 0.5) is 0 Å². The summed E-state index contributed by atoms with van der Waals surface area (Å²) >= 11 is 0. The van der Waals surface area contributed by atoms with Gasteiger partial charge in [-0.05, 0) is 60.7 Å². The first kappa shape index (κ1) is 31.6. The van der Waals surface area contributed by atoms with Gasteiger partial charge in [-0.2, -0.15) is 0 Å². The number of rotatable bonds is 5. The van der Waals surface area contributed by atoms with Crippen molar-refractivity contribution in [3.63, 3.8) is 0 Å². The van der Waals surface area contributed by atoms with E-state index in [0.29, 0.717) is 5.82 Å². The third kappa shape index (κ3) is 4.76. The highest BCUT2D eigenvalue weighted by Gasteiger charge is 2.27. The van der Waals surface area contributed by atoms with Gasteiger partial charge in [0, 0.05) is 55.0 Å². The molecule has 266 valence electrons. The molecule has 0 fully saturated rings. The molecule has 5 heteroatoms. The van der Waals surface area contributed by atoms with Crippen LogP contribution < -0.4 is 0 Å². The molecular weight excluding hydrogens is 697 g/mol. The molecule has 0 radical (unpaired) electrons. The summed E-state index contributed by atoms with van der Waals surface area (Å²) < 4.78 is 11.8. The van der Waals surface area contributed by atoms with Gasteiger partial charge in [-0.25, -0.2) is 9.97 Å². The molecule has 0 atom stereocenters. The molecule has 0 unspecified atom stereocenters. The van der Waals surface area contributed by atoms with E-state index in [1.54, 1.807) is 0 Å². The zero-order chi connectivity index (χ0) is 37.5. The zero-order valence-electron chi connectivity index (χ0n) is 30.7. The minimum atomic E-state index is 0.683. The second-order valence-corrected chi connectivity index (χ2v) is 14.5. The molecule has 5 nitrogen and oxygen atoms in total. The highest BCUT2D eigenvalue weighted by atomic mass is 16.3. The van der Waals surface area contributed by atoms with E-state index in [1.807, 2.05) is 36.4 Å². The fourth-order valence-electron chi connectivity index (χ4n) is 8.85. The van der Waals surface area contributed by atoms with Gasteiger partial charge in [0.25, 0.3) is 0 Å². The van der Waals surface area contributed by atoms with Crippen LogP contribution in [0.3, 0.4) is 0 Å². The molecule has 0 aliphatic carbocycles. The second kappa shape index (κ2) is 12.4. The van der Waals surface area contributed by atoms with Crippen molar-refractivity contribution in [1.29, 1.82) is 0 Å². The molecule has 0 saturated heterocycles. The van der Waals surface area contributed by atoms with E-state index in [-0.39, 0.29) is 0 Å². The fraction of sp³-hybridized carbons (Fsp3) is 0. The van der Waals surface area contributed by atoms with E-state index >= 15 is 0 Å². The number of fused-ring (bicyclic) bond motifs is 12.